The number of allylic oxidation sites excluding steroid dienone is 3. The molecular formula is C51H102N2O6P+. The molecule has 0 aliphatic heterocycles. The predicted octanol–water partition coefficient (Wildman–Crippen LogP) is 14.9. The third-order valence-electron chi connectivity index (χ3n) is 11.7. The van der Waals surface area contributed by atoms with Gasteiger partial charge in [-0.3, -0.25) is 13.8 Å². The van der Waals surface area contributed by atoms with Crippen molar-refractivity contribution in [3.63, 3.8) is 0 Å². The summed E-state index contributed by atoms with van der Waals surface area (Å²) in [6.45, 7) is 4.83. The fourth-order valence-corrected chi connectivity index (χ4v) is 8.30. The van der Waals surface area contributed by atoms with Gasteiger partial charge in [0.2, 0.25) is 5.91 Å². The second-order valence-corrected chi connectivity index (χ2v) is 20.4. The van der Waals surface area contributed by atoms with Crippen molar-refractivity contribution in [2.45, 2.75) is 257 Å². The van der Waals surface area contributed by atoms with Gasteiger partial charge in [0.15, 0.2) is 0 Å². The van der Waals surface area contributed by atoms with Crippen molar-refractivity contribution >= 4 is 13.7 Å². The molecule has 0 bridgehead atoms. The maximum Gasteiger partial charge on any atom is 0.472 e. The van der Waals surface area contributed by atoms with E-state index in [1.165, 1.54) is 173 Å². The molecule has 0 rings (SSSR count). The van der Waals surface area contributed by atoms with E-state index in [2.05, 4.69) is 31.3 Å². The van der Waals surface area contributed by atoms with Crippen molar-refractivity contribution in [1.82, 2.24) is 5.32 Å². The lowest BCUT2D eigenvalue weighted by Crippen LogP contribution is -2.45. The molecule has 0 fully saturated rings. The van der Waals surface area contributed by atoms with Crippen LogP contribution < -0.4 is 5.32 Å². The van der Waals surface area contributed by atoms with E-state index in [-0.39, 0.29) is 19.1 Å². The van der Waals surface area contributed by atoms with Crippen LogP contribution in [0.3, 0.4) is 0 Å². The summed E-state index contributed by atoms with van der Waals surface area (Å²) < 4.78 is 23.6. The number of nitrogens with zero attached hydrogens (tertiary/aromatic N) is 1. The number of phosphoric ester groups is 1. The maximum absolute atomic E-state index is 12.9. The highest BCUT2D eigenvalue weighted by Crippen LogP contribution is 2.43. The Labute approximate surface area is 373 Å². The van der Waals surface area contributed by atoms with Crippen molar-refractivity contribution in [3.05, 3.63) is 24.3 Å². The molecule has 0 aromatic heterocycles. The number of aliphatic hydroxyl groups excluding tert-OH is 1. The number of rotatable bonds is 47. The minimum Gasteiger partial charge on any atom is -0.387 e. The molecule has 0 spiro atoms. The van der Waals surface area contributed by atoms with Crippen LogP contribution in [0.4, 0.5) is 0 Å². The summed E-state index contributed by atoms with van der Waals surface area (Å²) in [4.78, 5) is 23.2. The van der Waals surface area contributed by atoms with Crippen LogP contribution in [-0.2, 0) is 18.4 Å². The van der Waals surface area contributed by atoms with Crippen LogP contribution >= 0.6 is 7.82 Å². The molecule has 0 aliphatic rings. The average molecular weight is 870 g/mol. The van der Waals surface area contributed by atoms with Gasteiger partial charge in [-0.25, -0.2) is 4.57 Å². The Balaban J connectivity index is 4.32. The van der Waals surface area contributed by atoms with E-state index in [4.69, 9.17) is 9.05 Å². The lowest BCUT2D eigenvalue weighted by atomic mass is 10.0. The molecular weight excluding hydrogens is 768 g/mol. The standard InChI is InChI=1S/C51H101N2O6P/c1-6-8-10-12-14-16-18-20-22-24-26-27-28-30-32-34-36-38-40-42-44-50(54)49(48-59-60(56,57)58-47-46-53(3,4)5)52-51(55)45-43-41-39-37-35-33-31-29-25-23-21-19-17-15-13-11-9-7-2/h29,31,42,44,49-50,54H,6-28,30,32-41,43,45-48H2,1-5H3,(H-,52,55,56,57)/p+1/b31-29-,44-42+. The first kappa shape index (κ1) is 59.0. The quantitative estimate of drug-likeness (QED) is 0.0243. The molecule has 3 atom stereocenters. The zero-order valence-electron chi connectivity index (χ0n) is 40.5. The van der Waals surface area contributed by atoms with E-state index in [0.29, 0.717) is 17.4 Å². The molecule has 0 radical (unpaired) electrons. The van der Waals surface area contributed by atoms with Gasteiger partial charge in [-0.05, 0) is 44.9 Å². The highest BCUT2D eigenvalue weighted by molar-refractivity contribution is 7.47. The molecule has 8 nitrogen and oxygen atoms in total. The lowest BCUT2D eigenvalue weighted by Gasteiger charge is -2.25. The zero-order chi connectivity index (χ0) is 44.3. The van der Waals surface area contributed by atoms with Gasteiger partial charge in [0.25, 0.3) is 0 Å². The lowest BCUT2D eigenvalue weighted by molar-refractivity contribution is -0.870. The fourth-order valence-electron chi connectivity index (χ4n) is 7.57. The van der Waals surface area contributed by atoms with E-state index in [1.807, 2.05) is 27.2 Å². The number of amides is 1. The molecule has 60 heavy (non-hydrogen) atoms. The van der Waals surface area contributed by atoms with Gasteiger partial charge < -0.3 is 19.8 Å². The van der Waals surface area contributed by atoms with Crippen molar-refractivity contribution in [2.24, 2.45) is 0 Å². The number of phosphoric acid groups is 1. The van der Waals surface area contributed by atoms with Crippen molar-refractivity contribution < 1.29 is 32.9 Å². The number of carbonyl (C=O) groups is 1. The molecule has 0 aromatic rings. The Bertz CT molecular complexity index is 1030. The molecule has 0 aliphatic carbocycles. The third kappa shape index (κ3) is 45.0. The van der Waals surface area contributed by atoms with Gasteiger partial charge in [-0.2, -0.15) is 0 Å². The summed E-state index contributed by atoms with van der Waals surface area (Å²) in [6, 6.07) is -0.848. The Morgan fingerprint density at radius 1 is 0.550 bits per heavy atom. The average Bonchev–Trinajstić information content (AvgIpc) is 3.20. The molecule has 0 saturated heterocycles. The minimum atomic E-state index is -4.34. The van der Waals surface area contributed by atoms with Gasteiger partial charge in [0.1, 0.15) is 13.2 Å². The summed E-state index contributed by atoms with van der Waals surface area (Å²) in [5.74, 6) is -0.183. The molecule has 0 heterocycles. The summed E-state index contributed by atoms with van der Waals surface area (Å²) in [6.07, 6.45) is 52.5. The van der Waals surface area contributed by atoms with E-state index >= 15 is 0 Å². The third-order valence-corrected chi connectivity index (χ3v) is 12.6. The minimum absolute atomic E-state index is 0.0613. The van der Waals surface area contributed by atoms with E-state index < -0.39 is 20.0 Å². The zero-order valence-corrected chi connectivity index (χ0v) is 41.4. The molecule has 0 aromatic carbocycles. The molecule has 1 amide bonds. The maximum atomic E-state index is 12.9. The summed E-state index contributed by atoms with van der Waals surface area (Å²) in [5.41, 5.74) is 0. The number of nitrogens with one attached hydrogen (secondary N) is 1. The number of likely N-dealkylation sites (N-methyl/N-ethyl adjacent to an activating group) is 1. The SMILES string of the molecule is CCCCCCCCCCC/C=C\CCCCCCCC(=O)NC(COP(=O)(O)OCC[N+](C)(C)C)C(O)/C=C/CCCCCCCCCCCCCCCCCCCC. The summed E-state index contributed by atoms with van der Waals surface area (Å²) in [5, 5.41) is 13.9. The van der Waals surface area contributed by atoms with Crippen LogP contribution in [0.5, 0.6) is 0 Å². The Kier molecular flexibility index (Phi) is 42.5. The highest BCUT2D eigenvalue weighted by atomic mass is 31.2. The van der Waals surface area contributed by atoms with Gasteiger partial charge >= 0.3 is 7.82 Å². The number of aliphatic hydroxyl groups is 1. The van der Waals surface area contributed by atoms with Gasteiger partial charge in [-0.1, -0.05) is 218 Å². The summed E-state index contributed by atoms with van der Waals surface area (Å²) in [7, 11) is 1.57. The highest BCUT2D eigenvalue weighted by Gasteiger charge is 2.27. The van der Waals surface area contributed by atoms with Crippen LogP contribution in [0.15, 0.2) is 24.3 Å². The molecule has 3 N–H and O–H groups in total. The molecule has 3 unspecified atom stereocenters. The van der Waals surface area contributed by atoms with Crippen molar-refractivity contribution in [3.8, 4) is 0 Å². The first-order valence-electron chi connectivity index (χ1n) is 25.7. The van der Waals surface area contributed by atoms with E-state index in [1.54, 1.807) is 6.08 Å². The number of carbonyl (C=O) groups excluding carboxylic acids is 1. The van der Waals surface area contributed by atoms with E-state index in [0.717, 1.165) is 51.4 Å². The van der Waals surface area contributed by atoms with Gasteiger partial charge in [-0.15, -0.1) is 0 Å². The summed E-state index contributed by atoms with van der Waals surface area (Å²) >= 11 is 0. The monoisotopic (exact) mass is 870 g/mol. The van der Waals surface area contributed by atoms with Crippen LogP contribution in [0.1, 0.15) is 245 Å². The Morgan fingerprint density at radius 2 is 0.900 bits per heavy atom. The Morgan fingerprint density at radius 3 is 1.28 bits per heavy atom. The smallest absolute Gasteiger partial charge is 0.387 e. The molecule has 9 heteroatoms. The first-order chi connectivity index (χ1) is 29.0. The van der Waals surface area contributed by atoms with E-state index in [9.17, 15) is 19.4 Å². The van der Waals surface area contributed by atoms with Crippen molar-refractivity contribution in [2.75, 3.05) is 40.9 Å². The van der Waals surface area contributed by atoms with Crippen LogP contribution in [0, 0.1) is 0 Å². The second kappa shape index (κ2) is 43.2. The van der Waals surface area contributed by atoms with Crippen LogP contribution in [0.2, 0.25) is 0 Å². The predicted molar refractivity (Wildman–Crippen MR) is 258 cm³/mol. The van der Waals surface area contributed by atoms with Crippen LogP contribution in [-0.4, -0.2) is 73.4 Å². The molecule has 0 saturated carbocycles. The molecule has 356 valence electrons. The fraction of sp³-hybridized carbons (Fsp3) is 0.902. The number of unbranched alkanes of at least 4 members (excludes halogenated alkanes) is 32. The van der Waals surface area contributed by atoms with Crippen molar-refractivity contribution in [1.29, 1.82) is 0 Å². The Hall–Kier alpha value is -1.02. The second-order valence-electron chi connectivity index (χ2n) is 18.9. The van der Waals surface area contributed by atoms with Gasteiger partial charge in [0.05, 0.1) is 39.9 Å². The van der Waals surface area contributed by atoms with Crippen LogP contribution in [0.25, 0.3) is 0 Å². The largest absolute Gasteiger partial charge is 0.472 e. The topological polar surface area (TPSA) is 105 Å². The number of quaternary nitrogens is 1. The first-order valence-corrected chi connectivity index (χ1v) is 27.2. The number of hydrogen-bond donors (Lipinski definition) is 3. The number of hydrogen-bond acceptors (Lipinski definition) is 5. The normalized spacial score (nSPS) is 14.3. The van der Waals surface area contributed by atoms with Gasteiger partial charge in [0, 0.05) is 6.42 Å².